The van der Waals surface area contributed by atoms with E-state index in [1.807, 2.05) is 72.8 Å². The second kappa shape index (κ2) is 10.3. The van der Waals surface area contributed by atoms with Crippen molar-refractivity contribution in [3.05, 3.63) is 107 Å². The Morgan fingerprint density at radius 2 is 1.38 bits per heavy atom. The van der Waals surface area contributed by atoms with E-state index in [0.29, 0.717) is 16.5 Å². The van der Waals surface area contributed by atoms with E-state index in [4.69, 9.17) is 16.3 Å². The summed E-state index contributed by atoms with van der Waals surface area (Å²) in [5, 5.41) is 19.3. The zero-order valence-electron chi connectivity index (χ0n) is 16.7. The Labute approximate surface area is 200 Å². The molecule has 154 valence electrons. The van der Waals surface area contributed by atoms with Crippen molar-refractivity contribution in [2.45, 2.75) is 19.6 Å². The van der Waals surface area contributed by atoms with Crippen LogP contribution in [0.1, 0.15) is 11.1 Å². The van der Waals surface area contributed by atoms with Gasteiger partial charge in [-0.15, -0.1) is 0 Å². The molecular weight excluding hydrogens is 456 g/mol. The van der Waals surface area contributed by atoms with Crippen LogP contribution in [0.4, 0.5) is 0 Å². The summed E-state index contributed by atoms with van der Waals surface area (Å²) in [4.78, 5) is 4.00. The van der Waals surface area contributed by atoms with Crippen molar-refractivity contribution in [3.8, 4) is 23.6 Å². The first-order valence-corrected chi connectivity index (χ1v) is 11.6. The Morgan fingerprint density at radius 3 is 2.00 bits per heavy atom. The summed E-state index contributed by atoms with van der Waals surface area (Å²) in [5.74, 6) is 0.819. The van der Waals surface area contributed by atoms with Crippen LogP contribution in [0, 0.1) is 22.7 Å². The van der Waals surface area contributed by atoms with Crippen LogP contribution in [-0.4, -0.2) is 0 Å². The molecule has 4 aromatic rings. The maximum atomic E-state index is 9.51. The molecule has 0 aliphatic heterocycles. The number of ether oxygens (including phenoxy) is 1. The minimum absolute atomic E-state index is 0.200. The highest BCUT2D eigenvalue weighted by Gasteiger charge is 2.16. The third-order valence-electron chi connectivity index (χ3n) is 4.40. The number of hydrogen-bond donors (Lipinski definition) is 0. The van der Waals surface area contributed by atoms with Crippen LogP contribution < -0.4 is 4.74 Å². The molecule has 0 saturated heterocycles. The topological polar surface area (TPSA) is 56.8 Å². The number of nitriles is 2. The predicted molar refractivity (Wildman–Crippen MR) is 129 cm³/mol. The van der Waals surface area contributed by atoms with Crippen LogP contribution in [-0.2, 0) is 0 Å². The van der Waals surface area contributed by atoms with E-state index in [-0.39, 0.29) is 11.1 Å². The van der Waals surface area contributed by atoms with Crippen molar-refractivity contribution in [2.24, 2.45) is 0 Å². The van der Waals surface area contributed by atoms with E-state index in [9.17, 15) is 10.5 Å². The summed E-state index contributed by atoms with van der Waals surface area (Å²) >= 11 is 9.89. The monoisotopic (exact) mass is 470 g/mol. The molecule has 0 atom stereocenters. The first-order chi connectivity index (χ1) is 15.7. The minimum Gasteiger partial charge on any atom is -0.456 e. The molecule has 0 bridgehead atoms. The lowest BCUT2D eigenvalue weighted by atomic mass is 10.1. The van der Waals surface area contributed by atoms with E-state index in [2.05, 4.69) is 6.07 Å². The predicted octanol–water partition coefficient (Wildman–Crippen LogP) is 8.18. The fourth-order valence-corrected chi connectivity index (χ4v) is 5.35. The molecule has 3 nitrogen and oxygen atoms in total. The minimum atomic E-state index is 0.200. The zero-order chi connectivity index (χ0) is 22.3. The highest BCUT2D eigenvalue weighted by Crippen LogP contribution is 2.45. The Hall–Kier alpha value is -3.35. The van der Waals surface area contributed by atoms with Gasteiger partial charge in [0.1, 0.15) is 29.2 Å². The van der Waals surface area contributed by atoms with E-state index in [1.54, 1.807) is 47.8 Å². The standard InChI is InChI=1S/C26H15ClN2OS2/c27-23-14-19(30-24-13-7-8-18(16-28)22(24)17-29)15-25(31-20-9-3-1-4-10-20)26(23)32-21-11-5-2-6-12-21/h1-15H. The highest BCUT2D eigenvalue weighted by atomic mass is 35.5. The number of hydrogen-bond acceptors (Lipinski definition) is 5. The van der Waals surface area contributed by atoms with Gasteiger partial charge in [-0.3, -0.25) is 0 Å². The SMILES string of the molecule is N#Cc1cccc(Oc2cc(Cl)c(Sc3ccccc3)c(Sc3ccccc3)c2)c1C#N. The second-order valence-corrected chi connectivity index (χ2v) is 9.17. The third kappa shape index (κ3) is 5.10. The summed E-state index contributed by atoms with van der Waals surface area (Å²) in [6.45, 7) is 0. The molecule has 0 N–H and O–H groups in total. The van der Waals surface area contributed by atoms with Crippen LogP contribution >= 0.6 is 35.1 Å². The van der Waals surface area contributed by atoms with Gasteiger partial charge in [0.2, 0.25) is 0 Å². The largest absolute Gasteiger partial charge is 0.456 e. The van der Waals surface area contributed by atoms with Gasteiger partial charge in [-0.2, -0.15) is 10.5 Å². The lowest BCUT2D eigenvalue weighted by Crippen LogP contribution is -1.93. The Morgan fingerprint density at radius 1 is 0.719 bits per heavy atom. The van der Waals surface area contributed by atoms with Gasteiger partial charge in [-0.25, -0.2) is 0 Å². The summed E-state index contributed by atoms with van der Waals surface area (Å²) in [7, 11) is 0. The van der Waals surface area contributed by atoms with Gasteiger partial charge in [0.05, 0.1) is 10.6 Å². The molecule has 0 saturated carbocycles. The van der Waals surface area contributed by atoms with Crippen LogP contribution in [0.15, 0.2) is 111 Å². The third-order valence-corrected chi connectivity index (χ3v) is 7.14. The average molecular weight is 471 g/mol. The Bertz CT molecular complexity index is 1330. The summed E-state index contributed by atoms with van der Waals surface area (Å²) in [6.07, 6.45) is 0. The first-order valence-electron chi connectivity index (χ1n) is 9.58. The van der Waals surface area contributed by atoms with Gasteiger partial charge in [0.25, 0.3) is 0 Å². The summed E-state index contributed by atoms with van der Waals surface area (Å²) in [5.41, 5.74) is 0.470. The van der Waals surface area contributed by atoms with E-state index in [1.165, 1.54) is 0 Å². The van der Waals surface area contributed by atoms with Crippen LogP contribution in [0.2, 0.25) is 5.02 Å². The molecule has 0 aliphatic rings. The molecule has 0 aromatic heterocycles. The number of benzene rings is 4. The van der Waals surface area contributed by atoms with E-state index >= 15 is 0 Å². The summed E-state index contributed by atoms with van der Waals surface area (Å²) < 4.78 is 6.03. The van der Waals surface area contributed by atoms with Crippen molar-refractivity contribution in [1.29, 1.82) is 10.5 Å². The van der Waals surface area contributed by atoms with Crippen LogP contribution in [0.3, 0.4) is 0 Å². The molecule has 4 aromatic carbocycles. The van der Waals surface area contributed by atoms with Crippen molar-refractivity contribution >= 4 is 35.1 Å². The van der Waals surface area contributed by atoms with Gasteiger partial charge in [0.15, 0.2) is 0 Å². The number of halogens is 1. The number of nitrogens with zero attached hydrogens (tertiary/aromatic N) is 2. The fourth-order valence-electron chi connectivity index (χ4n) is 2.95. The number of rotatable bonds is 6. The fraction of sp³-hybridized carbons (Fsp3) is 0. The van der Waals surface area contributed by atoms with E-state index in [0.717, 1.165) is 19.6 Å². The molecule has 0 amide bonds. The molecule has 4 rings (SSSR count). The highest BCUT2D eigenvalue weighted by molar-refractivity contribution is 8.02. The molecule has 0 spiro atoms. The molecule has 0 radical (unpaired) electrons. The van der Waals surface area contributed by atoms with Crippen molar-refractivity contribution in [2.75, 3.05) is 0 Å². The molecular formula is C26H15ClN2OS2. The molecule has 0 heterocycles. The normalized spacial score (nSPS) is 10.2. The zero-order valence-corrected chi connectivity index (χ0v) is 19.0. The maximum Gasteiger partial charge on any atom is 0.146 e. The second-order valence-electron chi connectivity index (χ2n) is 6.57. The smallest absolute Gasteiger partial charge is 0.146 e. The van der Waals surface area contributed by atoms with Crippen LogP contribution in [0.5, 0.6) is 11.5 Å². The average Bonchev–Trinajstić information content (AvgIpc) is 2.82. The summed E-state index contributed by atoms with van der Waals surface area (Å²) in [6, 6.07) is 32.7. The lowest BCUT2D eigenvalue weighted by Gasteiger charge is -2.15. The van der Waals surface area contributed by atoms with Crippen molar-refractivity contribution in [1.82, 2.24) is 0 Å². The molecule has 32 heavy (non-hydrogen) atoms. The molecule has 6 heteroatoms. The van der Waals surface area contributed by atoms with Crippen molar-refractivity contribution in [3.63, 3.8) is 0 Å². The van der Waals surface area contributed by atoms with Gasteiger partial charge >= 0.3 is 0 Å². The van der Waals surface area contributed by atoms with Crippen molar-refractivity contribution < 1.29 is 4.74 Å². The Balaban J connectivity index is 1.75. The van der Waals surface area contributed by atoms with Crippen LogP contribution in [0.25, 0.3) is 0 Å². The Kier molecular flexibility index (Phi) is 7.04. The molecule has 0 unspecified atom stereocenters. The van der Waals surface area contributed by atoms with Gasteiger partial charge < -0.3 is 4.74 Å². The lowest BCUT2D eigenvalue weighted by molar-refractivity contribution is 0.479. The first kappa shape index (κ1) is 21.9. The quantitative estimate of drug-likeness (QED) is 0.284. The van der Waals surface area contributed by atoms with Gasteiger partial charge in [0, 0.05) is 25.6 Å². The van der Waals surface area contributed by atoms with Gasteiger partial charge in [-0.1, -0.05) is 77.6 Å². The molecule has 0 fully saturated rings. The van der Waals surface area contributed by atoms with E-state index < -0.39 is 0 Å². The molecule has 0 aliphatic carbocycles. The van der Waals surface area contributed by atoms with Gasteiger partial charge in [-0.05, 0) is 42.5 Å². The maximum absolute atomic E-state index is 9.51.